The van der Waals surface area contributed by atoms with Crippen LogP contribution in [0.2, 0.25) is 0 Å². The Bertz CT molecular complexity index is 1420. The van der Waals surface area contributed by atoms with Crippen LogP contribution >= 0.6 is 0 Å². The van der Waals surface area contributed by atoms with Crippen LogP contribution in [0.3, 0.4) is 0 Å². The van der Waals surface area contributed by atoms with Crippen molar-refractivity contribution in [3.8, 4) is 11.1 Å². The molecular weight excluding hydrogens is 716 g/mol. The molecule has 2 aromatic carbocycles. The molecule has 2 aliphatic rings. The maximum atomic E-state index is 12.0. The minimum absolute atomic E-state index is 0.0512. The summed E-state index contributed by atoms with van der Waals surface area (Å²) in [4.78, 5) is 62.8. The number of carboxylic acid groups (broad SMARTS) is 3. The molecule has 0 unspecified atom stereocenters. The summed E-state index contributed by atoms with van der Waals surface area (Å²) in [5, 5.41) is 32.4. The summed E-state index contributed by atoms with van der Waals surface area (Å²) < 4.78 is 16.1. The van der Waals surface area contributed by atoms with Crippen LogP contribution in [0.1, 0.15) is 24.0 Å². The average molecular weight is 773 g/mol. The van der Waals surface area contributed by atoms with Crippen molar-refractivity contribution in [3.63, 3.8) is 0 Å². The van der Waals surface area contributed by atoms with Gasteiger partial charge in [0.2, 0.25) is 6.41 Å². The molecule has 0 saturated carbocycles. The molecule has 0 bridgehead atoms. The Balaban J connectivity index is 0.000000298. The summed E-state index contributed by atoms with van der Waals surface area (Å²) in [6, 6.07) is 16.5. The Morgan fingerprint density at radius 3 is 1.49 bits per heavy atom. The number of nitrogens with zero attached hydrogens (tertiary/aromatic N) is 4. The number of aliphatic carboxylic acids is 3. The van der Waals surface area contributed by atoms with E-state index in [2.05, 4.69) is 39.8 Å². The number of amides is 2. The topological polar surface area (TPSA) is 211 Å². The van der Waals surface area contributed by atoms with Gasteiger partial charge in [0.15, 0.2) is 0 Å². The molecule has 17 nitrogen and oxygen atoms in total. The van der Waals surface area contributed by atoms with E-state index >= 15 is 0 Å². The van der Waals surface area contributed by atoms with Gasteiger partial charge >= 0.3 is 24.0 Å². The number of carbonyl (C=O) groups is 5. The number of hydrogen-bond acceptors (Lipinski definition) is 12. The van der Waals surface area contributed by atoms with Crippen LogP contribution in [0.5, 0.6) is 0 Å². The molecule has 304 valence electrons. The zero-order valence-electron chi connectivity index (χ0n) is 31.6. The van der Waals surface area contributed by atoms with Crippen molar-refractivity contribution in [3.05, 3.63) is 59.7 Å². The van der Waals surface area contributed by atoms with Crippen molar-refractivity contribution in [1.82, 2.24) is 30.2 Å². The molecule has 0 radical (unpaired) electrons. The molecule has 1 fully saturated rings. The highest BCUT2D eigenvalue weighted by molar-refractivity contribution is 5.79. The molecule has 5 N–H and O–H groups in total. The lowest BCUT2D eigenvalue weighted by Gasteiger charge is -2.32. The maximum Gasteiger partial charge on any atom is 0.407 e. The summed E-state index contributed by atoms with van der Waals surface area (Å²) in [7, 11) is 0. The molecule has 0 aromatic heterocycles. The average Bonchev–Trinajstić information content (AvgIpc) is 3.48. The fourth-order valence-electron chi connectivity index (χ4n) is 6.33. The van der Waals surface area contributed by atoms with Gasteiger partial charge in [0, 0.05) is 71.4 Å². The first kappa shape index (κ1) is 44.7. The van der Waals surface area contributed by atoms with Crippen molar-refractivity contribution in [2.45, 2.75) is 12.8 Å². The first-order valence-electron chi connectivity index (χ1n) is 18.6. The van der Waals surface area contributed by atoms with E-state index in [0.717, 1.165) is 6.54 Å². The van der Waals surface area contributed by atoms with E-state index < -0.39 is 24.0 Å². The van der Waals surface area contributed by atoms with Gasteiger partial charge in [0.25, 0.3) is 0 Å². The summed E-state index contributed by atoms with van der Waals surface area (Å²) >= 11 is 0. The Morgan fingerprint density at radius 1 is 0.655 bits per heavy atom. The number of fused-ring (bicyclic) bond motifs is 3. The van der Waals surface area contributed by atoms with Gasteiger partial charge in [-0.3, -0.25) is 33.9 Å². The summed E-state index contributed by atoms with van der Waals surface area (Å²) in [6.45, 7) is 9.59. The standard InChI is InChI=1S/C22H26N2O5.C16H30N4O6/c25-16-23-9-11-27-13-14-28-12-10-24-22(26)29-15-21-19-7-3-1-5-17(19)18-6-2-4-8-20(18)21;1-2-17-3-5-18(11-14(21)22)7-9-20(13-16(25)26)10-8-19(6-4-17)12-15(23)24/h1-8,16,21H,9-15H2,(H,23,25)(H,24,26);2-13H2,1H3,(H,21,22)(H,23,24)(H,25,26). The zero-order valence-corrected chi connectivity index (χ0v) is 31.6. The van der Waals surface area contributed by atoms with Gasteiger partial charge in [-0.05, 0) is 28.8 Å². The van der Waals surface area contributed by atoms with Crippen LogP contribution in [0.15, 0.2) is 48.5 Å². The van der Waals surface area contributed by atoms with E-state index in [1.165, 1.54) is 22.3 Å². The normalized spacial score (nSPS) is 15.9. The largest absolute Gasteiger partial charge is 0.480 e. The van der Waals surface area contributed by atoms with E-state index in [1.54, 1.807) is 4.90 Å². The highest BCUT2D eigenvalue weighted by atomic mass is 16.6. The molecule has 1 saturated heterocycles. The number of carbonyl (C=O) groups excluding carboxylic acids is 2. The molecule has 1 aliphatic heterocycles. The minimum atomic E-state index is -0.955. The number of rotatable bonds is 19. The number of alkyl carbamates (subject to hydrolysis) is 1. The second-order valence-electron chi connectivity index (χ2n) is 13.0. The maximum absolute atomic E-state index is 12.0. The van der Waals surface area contributed by atoms with E-state index in [0.29, 0.717) is 105 Å². The Morgan fingerprint density at radius 2 is 1.07 bits per heavy atom. The van der Waals surface area contributed by atoms with Gasteiger partial charge in [0.1, 0.15) is 6.61 Å². The fraction of sp³-hybridized carbons (Fsp3) is 0.553. The third kappa shape index (κ3) is 17.1. The van der Waals surface area contributed by atoms with Crippen LogP contribution < -0.4 is 10.6 Å². The molecule has 0 atom stereocenters. The zero-order chi connectivity index (χ0) is 39.8. The van der Waals surface area contributed by atoms with Gasteiger partial charge in [-0.1, -0.05) is 55.5 Å². The first-order valence-corrected chi connectivity index (χ1v) is 18.6. The third-order valence-electron chi connectivity index (χ3n) is 9.16. The summed E-state index contributed by atoms with van der Waals surface area (Å²) in [5.41, 5.74) is 4.78. The van der Waals surface area contributed by atoms with Gasteiger partial charge in [-0.25, -0.2) is 4.79 Å². The second kappa shape index (κ2) is 25.4. The number of ether oxygens (including phenoxy) is 3. The van der Waals surface area contributed by atoms with E-state index in [9.17, 15) is 24.0 Å². The lowest BCUT2D eigenvalue weighted by molar-refractivity contribution is -0.140. The van der Waals surface area contributed by atoms with E-state index in [-0.39, 0.29) is 25.6 Å². The Labute approximate surface area is 322 Å². The van der Waals surface area contributed by atoms with Crippen molar-refractivity contribution < 1.29 is 53.5 Å². The highest BCUT2D eigenvalue weighted by Crippen LogP contribution is 2.44. The van der Waals surface area contributed by atoms with Crippen molar-refractivity contribution in [1.29, 1.82) is 0 Å². The molecule has 55 heavy (non-hydrogen) atoms. The van der Waals surface area contributed by atoms with Crippen LogP contribution in [0.25, 0.3) is 11.1 Å². The molecule has 1 heterocycles. The minimum Gasteiger partial charge on any atom is -0.480 e. The number of benzene rings is 2. The lowest BCUT2D eigenvalue weighted by Crippen LogP contribution is -2.48. The van der Waals surface area contributed by atoms with Crippen molar-refractivity contribution >= 4 is 30.4 Å². The molecular formula is C38H56N6O11. The number of nitrogens with one attached hydrogen (secondary N) is 2. The van der Waals surface area contributed by atoms with Gasteiger partial charge in [-0.2, -0.15) is 0 Å². The molecule has 17 heteroatoms. The number of likely N-dealkylation sites (N-methyl/N-ethyl adjacent to an activating group) is 1. The van der Waals surface area contributed by atoms with Crippen LogP contribution in [0.4, 0.5) is 4.79 Å². The second-order valence-corrected chi connectivity index (χ2v) is 13.0. The van der Waals surface area contributed by atoms with Gasteiger partial charge in [-0.15, -0.1) is 0 Å². The number of hydrogen-bond donors (Lipinski definition) is 5. The van der Waals surface area contributed by atoms with Crippen LogP contribution in [-0.4, -0.2) is 190 Å². The lowest BCUT2D eigenvalue weighted by atomic mass is 9.98. The Hall–Kier alpha value is -4.65. The summed E-state index contributed by atoms with van der Waals surface area (Å²) in [5.74, 6) is -2.71. The van der Waals surface area contributed by atoms with Crippen LogP contribution in [-0.2, 0) is 33.4 Å². The van der Waals surface area contributed by atoms with E-state index in [1.807, 2.05) is 41.0 Å². The van der Waals surface area contributed by atoms with Crippen molar-refractivity contribution in [2.24, 2.45) is 0 Å². The fourth-order valence-corrected chi connectivity index (χ4v) is 6.33. The quantitative estimate of drug-likeness (QED) is 0.0988. The van der Waals surface area contributed by atoms with Crippen LogP contribution in [0, 0.1) is 0 Å². The SMILES string of the molecule is CCN1CCN(CC(=O)O)CCN(CC(=O)O)CCN(CC(=O)O)CC1.O=CNCCOCCOCCNC(=O)OCC1c2ccccc2-c2ccccc21. The summed E-state index contributed by atoms with van der Waals surface area (Å²) in [6.07, 6.45) is 0.182. The molecule has 2 amide bonds. The van der Waals surface area contributed by atoms with Crippen molar-refractivity contribution in [2.75, 3.05) is 125 Å². The number of carboxylic acids is 3. The van der Waals surface area contributed by atoms with Gasteiger partial charge in [0.05, 0.1) is 46.1 Å². The van der Waals surface area contributed by atoms with Gasteiger partial charge < -0.3 is 45.1 Å². The molecule has 0 spiro atoms. The van der Waals surface area contributed by atoms with E-state index in [4.69, 9.17) is 29.5 Å². The smallest absolute Gasteiger partial charge is 0.407 e. The highest BCUT2D eigenvalue weighted by Gasteiger charge is 2.29. The first-order chi connectivity index (χ1) is 26.6. The predicted octanol–water partition coefficient (Wildman–Crippen LogP) is 0.786. The predicted molar refractivity (Wildman–Crippen MR) is 203 cm³/mol. The molecule has 4 rings (SSSR count). The Kier molecular flexibility index (Phi) is 20.7. The molecule has 2 aromatic rings. The monoisotopic (exact) mass is 772 g/mol. The molecule has 1 aliphatic carbocycles. The third-order valence-corrected chi connectivity index (χ3v) is 9.16.